The maximum atomic E-state index is 14.1. The van der Waals surface area contributed by atoms with Crippen LogP contribution in [-0.4, -0.2) is 45.9 Å². The Morgan fingerprint density at radius 3 is 2.34 bits per heavy atom. The Labute approximate surface area is 226 Å². The molecule has 2 atom stereocenters. The van der Waals surface area contributed by atoms with Gasteiger partial charge >= 0.3 is 0 Å². The summed E-state index contributed by atoms with van der Waals surface area (Å²) >= 11 is 6.22. The number of carbonyl (C=O) groups excluding carboxylic acids is 1. The summed E-state index contributed by atoms with van der Waals surface area (Å²) in [5.41, 5.74) is 0.153. The molecule has 1 unspecified atom stereocenters. The molecule has 7 nitrogen and oxygen atoms in total. The minimum absolute atomic E-state index is 0.0154. The summed E-state index contributed by atoms with van der Waals surface area (Å²) in [4.78, 5) is 15.8. The zero-order chi connectivity index (χ0) is 27.1. The molecule has 3 N–H and O–H groups in total. The quantitative estimate of drug-likeness (QED) is 0.383. The first-order chi connectivity index (χ1) is 18.2. The van der Waals surface area contributed by atoms with E-state index in [-0.39, 0.29) is 31.1 Å². The van der Waals surface area contributed by atoms with E-state index < -0.39 is 17.9 Å². The molecule has 3 aromatic carbocycles. The number of carbonyl (C=O) groups is 1. The first kappa shape index (κ1) is 26.4. The monoisotopic (exact) mass is 532 g/mol. The Kier molecular flexibility index (Phi) is 6.80. The van der Waals surface area contributed by atoms with Crippen LogP contribution in [0.5, 0.6) is 0 Å². The second kappa shape index (κ2) is 9.81. The van der Waals surface area contributed by atoms with Crippen molar-refractivity contribution in [1.82, 2.24) is 4.90 Å². The van der Waals surface area contributed by atoms with Crippen LogP contribution in [0.1, 0.15) is 57.9 Å². The van der Waals surface area contributed by atoms with Crippen LogP contribution in [0.2, 0.25) is 5.02 Å². The molecule has 0 aromatic heterocycles. The number of nitrogens with zero attached hydrogens (tertiary/aromatic N) is 2. The van der Waals surface area contributed by atoms with Gasteiger partial charge in [0, 0.05) is 33.7 Å². The summed E-state index contributed by atoms with van der Waals surface area (Å²) in [6.07, 6.45) is 1.66. The van der Waals surface area contributed by atoms with Crippen LogP contribution in [0.25, 0.3) is 0 Å². The lowest BCUT2D eigenvalue weighted by Crippen LogP contribution is -2.47. The van der Waals surface area contributed by atoms with Crippen LogP contribution in [0.15, 0.2) is 66.7 Å². The van der Waals surface area contributed by atoms with Gasteiger partial charge in [-0.05, 0) is 61.2 Å². The number of hydrogen-bond donors (Lipinski definition) is 3. The predicted octanol–water partition coefficient (Wildman–Crippen LogP) is 4.06. The largest absolute Gasteiger partial charge is 0.396 e. The fourth-order valence-corrected chi connectivity index (χ4v) is 5.06. The van der Waals surface area contributed by atoms with Crippen molar-refractivity contribution in [3.63, 3.8) is 0 Å². The number of hydrogen-bond acceptors (Lipinski definition) is 6. The zero-order valence-corrected chi connectivity index (χ0v) is 21.8. The predicted molar refractivity (Wildman–Crippen MR) is 141 cm³/mol. The topological polar surface area (TPSA) is 114 Å². The molecule has 3 aromatic rings. The Morgan fingerprint density at radius 2 is 1.76 bits per heavy atom. The summed E-state index contributed by atoms with van der Waals surface area (Å²) in [5, 5.41) is 40.2. The van der Waals surface area contributed by atoms with Crippen molar-refractivity contribution in [2.24, 2.45) is 5.41 Å². The number of amides is 1. The van der Waals surface area contributed by atoms with E-state index in [4.69, 9.17) is 16.3 Å². The van der Waals surface area contributed by atoms with Crippen molar-refractivity contribution in [2.45, 2.75) is 37.6 Å². The van der Waals surface area contributed by atoms with Gasteiger partial charge in [0.2, 0.25) is 0 Å². The van der Waals surface area contributed by atoms with E-state index in [0.29, 0.717) is 32.8 Å². The fraction of sp³-hybridized carbons (Fsp3) is 0.333. The van der Waals surface area contributed by atoms with Crippen molar-refractivity contribution in [3.05, 3.63) is 105 Å². The lowest BCUT2D eigenvalue weighted by Gasteiger charge is -2.40. The van der Waals surface area contributed by atoms with Gasteiger partial charge < -0.3 is 20.1 Å². The minimum atomic E-state index is -1.53. The molecule has 1 aliphatic carbocycles. The summed E-state index contributed by atoms with van der Waals surface area (Å²) in [7, 11) is 0. The second-order valence-corrected chi connectivity index (χ2v) is 10.9. The molecule has 0 radical (unpaired) electrons. The number of halogens is 1. The summed E-state index contributed by atoms with van der Waals surface area (Å²) in [6, 6.07) is 21.3. The molecule has 1 amide bonds. The number of nitriles is 1. The van der Waals surface area contributed by atoms with Gasteiger partial charge in [-0.1, -0.05) is 48.0 Å². The van der Waals surface area contributed by atoms with E-state index in [2.05, 4.69) is 6.07 Å². The third-order valence-corrected chi connectivity index (χ3v) is 7.96. The van der Waals surface area contributed by atoms with Crippen molar-refractivity contribution < 1.29 is 24.9 Å². The molecule has 8 heteroatoms. The van der Waals surface area contributed by atoms with Crippen LogP contribution in [-0.2, 0) is 22.6 Å². The van der Waals surface area contributed by atoms with Gasteiger partial charge in [0.15, 0.2) is 5.72 Å². The van der Waals surface area contributed by atoms with Gasteiger partial charge in [-0.2, -0.15) is 5.26 Å². The number of aliphatic hydroxyl groups excluding tert-OH is 2. The molecule has 38 heavy (non-hydrogen) atoms. The summed E-state index contributed by atoms with van der Waals surface area (Å²) in [6.45, 7) is 1.38. The minimum Gasteiger partial charge on any atom is -0.396 e. The number of rotatable bonds is 9. The number of ether oxygens (including phenoxy) is 1. The van der Waals surface area contributed by atoms with Gasteiger partial charge in [0.05, 0.1) is 31.5 Å². The number of aliphatic hydroxyl groups is 3. The highest BCUT2D eigenvalue weighted by atomic mass is 35.5. The van der Waals surface area contributed by atoms with Crippen molar-refractivity contribution in [1.29, 1.82) is 5.26 Å². The average molecular weight is 533 g/mol. The third kappa shape index (κ3) is 4.49. The van der Waals surface area contributed by atoms with E-state index in [1.54, 1.807) is 59.5 Å². The Balaban J connectivity index is 1.69. The first-order valence-corrected chi connectivity index (χ1v) is 12.9. The SMILES string of the molecule is CC(O)(CO)c1ccc2c(c1)C(=O)N(Cc1ccc(C#N)cc1)[C@@]2(OCC1(CO)CC1)c1ccc(Cl)cc1. The highest BCUT2D eigenvalue weighted by molar-refractivity contribution is 6.30. The molecule has 0 bridgehead atoms. The van der Waals surface area contributed by atoms with E-state index in [0.717, 1.165) is 18.4 Å². The Hall–Kier alpha value is -3.25. The molecular weight excluding hydrogens is 504 g/mol. The van der Waals surface area contributed by atoms with Crippen LogP contribution in [0.3, 0.4) is 0 Å². The van der Waals surface area contributed by atoms with E-state index in [9.17, 15) is 25.4 Å². The maximum Gasteiger partial charge on any atom is 0.257 e. The van der Waals surface area contributed by atoms with Crippen LogP contribution < -0.4 is 0 Å². The zero-order valence-electron chi connectivity index (χ0n) is 21.0. The average Bonchev–Trinajstić information content (AvgIpc) is 3.69. The van der Waals surface area contributed by atoms with E-state index in [1.807, 2.05) is 12.1 Å². The summed E-state index contributed by atoms with van der Waals surface area (Å²) < 4.78 is 6.75. The van der Waals surface area contributed by atoms with Gasteiger partial charge in [-0.3, -0.25) is 9.69 Å². The second-order valence-electron chi connectivity index (χ2n) is 10.5. The number of benzene rings is 3. The highest BCUT2D eigenvalue weighted by Gasteiger charge is 2.55. The molecule has 1 saturated carbocycles. The molecule has 5 rings (SSSR count). The third-order valence-electron chi connectivity index (χ3n) is 7.71. The highest BCUT2D eigenvalue weighted by Crippen LogP contribution is 2.51. The van der Waals surface area contributed by atoms with E-state index in [1.165, 1.54) is 6.92 Å². The maximum absolute atomic E-state index is 14.1. The first-order valence-electron chi connectivity index (χ1n) is 12.5. The molecule has 0 saturated heterocycles. The Morgan fingerprint density at radius 1 is 1.08 bits per heavy atom. The fourth-order valence-electron chi connectivity index (χ4n) is 4.94. The standard InChI is InChI=1S/C30H29ClN2O5/c1-28(37,17-34)23-8-11-26-25(14-23)27(36)33(16-21-4-2-20(15-32)3-5-21)30(26,22-6-9-24(31)10-7-22)38-19-29(18-35)12-13-29/h2-11,14,34-35,37H,12-13,16-19H2,1H3/t28?,30-/m1/s1. The smallest absolute Gasteiger partial charge is 0.257 e. The Bertz CT molecular complexity index is 1390. The molecular formula is C30H29ClN2O5. The normalized spacial score (nSPS) is 21.1. The molecule has 1 fully saturated rings. The lowest BCUT2D eigenvalue weighted by atomic mass is 9.88. The lowest BCUT2D eigenvalue weighted by molar-refractivity contribution is -0.128. The molecule has 0 spiro atoms. The number of fused-ring (bicyclic) bond motifs is 1. The van der Waals surface area contributed by atoms with Gasteiger partial charge in [-0.15, -0.1) is 0 Å². The summed E-state index contributed by atoms with van der Waals surface area (Å²) in [5.74, 6) is -0.302. The van der Waals surface area contributed by atoms with Gasteiger partial charge in [-0.25, -0.2) is 0 Å². The van der Waals surface area contributed by atoms with Crippen LogP contribution in [0, 0.1) is 16.7 Å². The molecule has 2 aliphatic rings. The molecule has 1 aliphatic heterocycles. The van der Waals surface area contributed by atoms with Crippen molar-refractivity contribution >= 4 is 17.5 Å². The molecule has 1 heterocycles. The van der Waals surface area contributed by atoms with Crippen molar-refractivity contribution in [2.75, 3.05) is 19.8 Å². The van der Waals surface area contributed by atoms with Crippen molar-refractivity contribution in [3.8, 4) is 6.07 Å². The van der Waals surface area contributed by atoms with E-state index >= 15 is 0 Å². The molecule has 196 valence electrons. The van der Waals surface area contributed by atoms with Crippen LogP contribution >= 0.6 is 11.6 Å². The van der Waals surface area contributed by atoms with Gasteiger partial charge in [0.1, 0.15) is 5.60 Å². The van der Waals surface area contributed by atoms with Crippen LogP contribution in [0.4, 0.5) is 0 Å². The van der Waals surface area contributed by atoms with Gasteiger partial charge in [0.25, 0.3) is 5.91 Å².